The fourth-order valence-electron chi connectivity index (χ4n) is 2.17. The molecule has 1 amide bonds. The second-order valence-electron chi connectivity index (χ2n) is 5.39. The highest BCUT2D eigenvalue weighted by Gasteiger charge is 2.19. The van der Waals surface area contributed by atoms with Crippen LogP contribution in [0, 0.1) is 6.92 Å². The van der Waals surface area contributed by atoms with E-state index in [1.54, 1.807) is 24.3 Å². The molecule has 0 saturated heterocycles. The molecule has 0 heterocycles. The molecule has 0 saturated carbocycles. The van der Waals surface area contributed by atoms with Crippen molar-refractivity contribution in [2.24, 2.45) is 0 Å². The van der Waals surface area contributed by atoms with Crippen molar-refractivity contribution in [3.63, 3.8) is 0 Å². The van der Waals surface area contributed by atoms with Crippen molar-refractivity contribution in [3.05, 3.63) is 59.7 Å². The van der Waals surface area contributed by atoms with Gasteiger partial charge in [0.15, 0.2) is 6.10 Å². The summed E-state index contributed by atoms with van der Waals surface area (Å²) in [5, 5.41) is 2.77. The van der Waals surface area contributed by atoms with E-state index in [2.05, 4.69) is 10.1 Å². The molecule has 5 heteroatoms. The molecule has 2 aromatic carbocycles. The lowest BCUT2D eigenvalue weighted by Gasteiger charge is -2.17. The van der Waals surface area contributed by atoms with Gasteiger partial charge in [-0.05, 0) is 43.7 Å². The Labute approximate surface area is 141 Å². The molecule has 0 aliphatic heterocycles. The number of amides is 1. The third-order valence-electron chi connectivity index (χ3n) is 3.51. The minimum atomic E-state index is -0.616. The average Bonchev–Trinajstić information content (AvgIpc) is 2.60. The smallest absolute Gasteiger partial charge is 0.337 e. The van der Waals surface area contributed by atoms with Crippen molar-refractivity contribution >= 4 is 17.6 Å². The summed E-state index contributed by atoms with van der Waals surface area (Å²) in [7, 11) is 1.32. The summed E-state index contributed by atoms with van der Waals surface area (Å²) in [6, 6.07) is 14.1. The van der Waals surface area contributed by atoms with Crippen LogP contribution in [0.2, 0.25) is 0 Å². The lowest BCUT2D eigenvalue weighted by atomic mass is 10.2. The number of anilines is 1. The molecule has 24 heavy (non-hydrogen) atoms. The first kappa shape index (κ1) is 17.5. The zero-order valence-electron chi connectivity index (χ0n) is 14.0. The topological polar surface area (TPSA) is 64.6 Å². The molecule has 1 N–H and O–H groups in total. The summed E-state index contributed by atoms with van der Waals surface area (Å²) in [5.74, 6) is -0.0694. The average molecular weight is 327 g/mol. The highest BCUT2D eigenvalue weighted by molar-refractivity contribution is 5.96. The van der Waals surface area contributed by atoms with Gasteiger partial charge in [0.2, 0.25) is 0 Å². The maximum absolute atomic E-state index is 12.4. The van der Waals surface area contributed by atoms with Crippen molar-refractivity contribution in [2.45, 2.75) is 26.4 Å². The van der Waals surface area contributed by atoms with Crippen LogP contribution in [0.25, 0.3) is 0 Å². The number of hydrogen-bond acceptors (Lipinski definition) is 4. The van der Waals surface area contributed by atoms with E-state index in [4.69, 9.17) is 4.74 Å². The Morgan fingerprint density at radius 3 is 2.46 bits per heavy atom. The third-order valence-corrected chi connectivity index (χ3v) is 3.51. The zero-order valence-corrected chi connectivity index (χ0v) is 14.0. The maximum Gasteiger partial charge on any atom is 0.337 e. The monoisotopic (exact) mass is 327 g/mol. The van der Waals surface area contributed by atoms with Gasteiger partial charge in [-0.25, -0.2) is 4.79 Å². The van der Waals surface area contributed by atoms with Crippen molar-refractivity contribution < 1.29 is 19.1 Å². The van der Waals surface area contributed by atoms with Crippen molar-refractivity contribution in [1.82, 2.24) is 0 Å². The summed E-state index contributed by atoms with van der Waals surface area (Å²) in [4.78, 5) is 24.0. The number of hydrogen-bond donors (Lipinski definition) is 1. The molecule has 0 fully saturated rings. The largest absolute Gasteiger partial charge is 0.481 e. The van der Waals surface area contributed by atoms with Crippen molar-refractivity contribution in [2.75, 3.05) is 12.4 Å². The Kier molecular flexibility index (Phi) is 5.95. The van der Waals surface area contributed by atoms with Crippen LogP contribution in [0.3, 0.4) is 0 Å². The summed E-state index contributed by atoms with van der Waals surface area (Å²) >= 11 is 0. The van der Waals surface area contributed by atoms with Crippen LogP contribution >= 0.6 is 0 Å². The van der Waals surface area contributed by atoms with E-state index in [-0.39, 0.29) is 5.91 Å². The van der Waals surface area contributed by atoms with Gasteiger partial charge in [0, 0.05) is 5.69 Å². The van der Waals surface area contributed by atoms with Crippen LogP contribution < -0.4 is 10.1 Å². The maximum atomic E-state index is 12.4. The van der Waals surface area contributed by atoms with E-state index in [0.717, 1.165) is 5.56 Å². The first-order chi connectivity index (χ1) is 11.5. The molecule has 2 aromatic rings. The Morgan fingerprint density at radius 2 is 1.83 bits per heavy atom. The summed E-state index contributed by atoms with van der Waals surface area (Å²) in [5.41, 5.74) is 2.02. The molecule has 126 valence electrons. The second-order valence-corrected chi connectivity index (χ2v) is 5.39. The summed E-state index contributed by atoms with van der Waals surface area (Å²) < 4.78 is 10.4. The summed E-state index contributed by atoms with van der Waals surface area (Å²) in [6.07, 6.45) is -0.0920. The molecule has 0 aliphatic rings. The van der Waals surface area contributed by atoms with Crippen LogP contribution in [-0.2, 0) is 9.53 Å². The van der Waals surface area contributed by atoms with E-state index in [0.29, 0.717) is 23.4 Å². The van der Waals surface area contributed by atoms with Crippen molar-refractivity contribution in [3.8, 4) is 5.75 Å². The Morgan fingerprint density at radius 1 is 1.12 bits per heavy atom. The molecule has 0 radical (unpaired) electrons. The van der Waals surface area contributed by atoms with Crippen LogP contribution in [0.15, 0.2) is 48.5 Å². The number of benzene rings is 2. The minimum absolute atomic E-state index is 0.264. The van der Waals surface area contributed by atoms with Gasteiger partial charge in [0.1, 0.15) is 5.75 Å². The molecule has 2 rings (SSSR count). The standard InChI is InChI=1S/C19H21NO4/c1-4-17(24-16-10-8-13(2)9-11-16)18(21)20-15-7-5-6-14(12-15)19(22)23-3/h5-12,17H,4H2,1-3H3,(H,20,21)/t17-/m1/s1. The molecule has 0 spiro atoms. The summed E-state index contributed by atoms with van der Waals surface area (Å²) in [6.45, 7) is 3.87. The van der Waals surface area contributed by atoms with Gasteiger partial charge in [-0.1, -0.05) is 30.7 Å². The normalized spacial score (nSPS) is 11.5. The van der Waals surface area contributed by atoms with E-state index in [1.165, 1.54) is 7.11 Å². The van der Waals surface area contributed by atoms with E-state index in [9.17, 15) is 9.59 Å². The molecular formula is C19H21NO4. The van der Waals surface area contributed by atoms with Gasteiger partial charge in [-0.15, -0.1) is 0 Å². The molecular weight excluding hydrogens is 306 g/mol. The quantitative estimate of drug-likeness (QED) is 0.824. The molecule has 0 bridgehead atoms. The predicted octanol–water partition coefficient (Wildman–Crippen LogP) is 3.58. The lowest BCUT2D eigenvalue weighted by Crippen LogP contribution is -2.32. The van der Waals surface area contributed by atoms with Crippen LogP contribution in [-0.4, -0.2) is 25.1 Å². The van der Waals surface area contributed by atoms with Gasteiger partial charge in [0.05, 0.1) is 12.7 Å². The highest BCUT2D eigenvalue weighted by atomic mass is 16.5. The number of rotatable bonds is 6. The first-order valence-electron chi connectivity index (χ1n) is 7.76. The highest BCUT2D eigenvalue weighted by Crippen LogP contribution is 2.17. The van der Waals surface area contributed by atoms with Gasteiger partial charge >= 0.3 is 5.97 Å². The van der Waals surface area contributed by atoms with Gasteiger partial charge in [-0.3, -0.25) is 4.79 Å². The SMILES string of the molecule is CC[C@@H](Oc1ccc(C)cc1)C(=O)Nc1cccc(C(=O)OC)c1. The molecule has 0 aliphatic carbocycles. The number of ether oxygens (including phenoxy) is 2. The number of esters is 1. The fraction of sp³-hybridized carbons (Fsp3) is 0.263. The number of nitrogens with one attached hydrogen (secondary N) is 1. The van der Waals surface area contributed by atoms with Crippen LogP contribution in [0.4, 0.5) is 5.69 Å². The molecule has 0 unspecified atom stereocenters. The zero-order chi connectivity index (χ0) is 17.5. The molecule has 5 nitrogen and oxygen atoms in total. The van der Waals surface area contributed by atoms with Gasteiger partial charge in [0.25, 0.3) is 5.91 Å². The number of aryl methyl sites for hydroxylation is 1. The minimum Gasteiger partial charge on any atom is -0.481 e. The van der Waals surface area contributed by atoms with E-state index >= 15 is 0 Å². The second kappa shape index (κ2) is 8.15. The van der Waals surface area contributed by atoms with Crippen LogP contribution in [0.5, 0.6) is 5.75 Å². The van der Waals surface area contributed by atoms with Crippen molar-refractivity contribution in [1.29, 1.82) is 0 Å². The van der Waals surface area contributed by atoms with E-state index in [1.807, 2.05) is 38.1 Å². The van der Waals surface area contributed by atoms with Gasteiger partial charge in [-0.2, -0.15) is 0 Å². The molecule has 1 atom stereocenters. The number of carbonyl (C=O) groups excluding carboxylic acids is 2. The molecule has 0 aromatic heterocycles. The fourth-order valence-corrected chi connectivity index (χ4v) is 2.17. The lowest BCUT2D eigenvalue weighted by molar-refractivity contribution is -0.122. The Bertz CT molecular complexity index is 710. The predicted molar refractivity (Wildman–Crippen MR) is 92.3 cm³/mol. The number of methoxy groups -OCH3 is 1. The number of carbonyl (C=O) groups is 2. The Hall–Kier alpha value is -2.82. The first-order valence-corrected chi connectivity index (χ1v) is 7.76. The Balaban J connectivity index is 2.06. The van der Waals surface area contributed by atoms with Gasteiger partial charge < -0.3 is 14.8 Å². The van der Waals surface area contributed by atoms with Crippen LogP contribution in [0.1, 0.15) is 29.3 Å². The third kappa shape index (κ3) is 4.59. The van der Waals surface area contributed by atoms with E-state index < -0.39 is 12.1 Å².